The summed E-state index contributed by atoms with van der Waals surface area (Å²) in [4.78, 5) is 23.9. The number of nitrogens with zero attached hydrogens (tertiary/aromatic N) is 3. The highest BCUT2D eigenvalue weighted by Crippen LogP contribution is 2.21. The van der Waals surface area contributed by atoms with E-state index in [2.05, 4.69) is 10.5 Å². The van der Waals surface area contributed by atoms with Crippen LogP contribution in [0, 0.1) is 0 Å². The second kappa shape index (κ2) is 9.15. The van der Waals surface area contributed by atoms with Gasteiger partial charge in [-0.2, -0.15) is 9.41 Å². The topological polar surface area (TPSA) is 101 Å². The SMILES string of the molecule is C/C(=N/NC(=O)Cn1ccccc1=O)c1ccc(S(=O)(=O)N2CCCCC2)cc1. The van der Waals surface area contributed by atoms with E-state index >= 15 is 0 Å². The van der Waals surface area contributed by atoms with Crippen molar-refractivity contribution in [1.29, 1.82) is 0 Å². The third kappa shape index (κ3) is 5.18. The number of amides is 1. The zero-order chi connectivity index (χ0) is 20.9. The Kier molecular flexibility index (Phi) is 6.60. The molecule has 2 aromatic rings. The average molecular weight is 417 g/mol. The fraction of sp³-hybridized carbons (Fsp3) is 0.350. The van der Waals surface area contributed by atoms with E-state index in [0.717, 1.165) is 19.3 Å². The van der Waals surface area contributed by atoms with Crippen LogP contribution in [0.5, 0.6) is 0 Å². The third-order valence-corrected chi connectivity index (χ3v) is 6.70. The van der Waals surface area contributed by atoms with Crippen molar-refractivity contribution in [3.8, 4) is 0 Å². The molecule has 0 saturated carbocycles. The van der Waals surface area contributed by atoms with Gasteiger partial charge >= 0.3 is 0 Å². The number of pyridine rings is 1. The number of sulfonamides is 1. The highest BCUT2D eigenvalue weighted by Gasteiger charge is 2.25. The van der Waals surface area contributed by atoms with Crippen LogP contribution in [0.25, 0.3) is 0 Å². The highest BCUT2D eigenvalue weighted by atomic mass is 32.2. The van der Waals surface area contributed by atoms with E-state index in [9.17, 15) is 18.0 Å². The maximum absolute atomic E-state index is 12.7. The first-order valence-corrected chi connectivity index (χ1v) is 10.9. The van der Waals surface area contributed by atoms with Gasteiger partial charge < -0.3 is 4.57 Å². The summed E-state index contributed by atoms with van der Waals surface area (Å²) >= 11 is 0. The summed E-state index contributed by atoms with van der Waals surface area (Å²) in [6, 6.07) is 11.1. The van der Waals surface area contributed by atoms with E-state index in [1.54, 1.807) is 43.3 Å². The molecule has 1 saturated heterocycles. The molecule has 1 amide bonds. The van der Waals surface area contributed by atoms with E-state index in [-0.39, 0.29) is 17.0 Å². The Morgan fingerprint density at radius 1 is 1.07 bits per heavy atom. The maximum atomic E-state index is 12.7. The third-order valence-electron chi connectivity index (χ3n) is 4.79. The Bertz CT molecular complexity index is 1050. The van der Waals surface area contributed by atoms with Crippen LogP contribution in [0.4, 0.5) is 0 Å². The summed E-state index contributed by atoms with van der Waals surface area (Å²) < 4.78 is 28.2. The summed E-state index contributed by atoms with van der Waals surface area (Å²) in [5.41, 5.74) is 3.37. The van der Waals surface area contributed by atoms with Crippen LogP contribution in [0.2, 0.25) is 0 Å². The van der Waals surface area contributed by atoms with Crippen molar-refractivity contribution >= 4 is 21.6 Å². The van der Waals surface area contributed by atoms with Gasteiger partial charge in [0, 0.05) is 25.4 Å². The predicted molar refractivity (Wildman–Crippen MR) is 110 cm³/mol. The Morgan fingerprint density at radius 3 is 2.41 bits per heavy atom. The fourth-order valence-corrected chi connectivity index (χ4v) is 4.63. The van der Waals surface area contributed by atoms with E-state index in [1.807, 2.05) is 0 Å². The highest BCUT2D eigenvalue weighted by molar-refractivity contribution is 7.89. The van der Waals surface area contributed by atoms with Crippen LogP contribution in [0.15, 0.2) is 63.5 Å². The van der Waals surface area contributed by atoms with Gasteiger partial charge in [0.2, 0.25) is 10.0 Å². The summed E-state index contributed by atoms with van der Waals surface area (Å²) in [7, 11) is -3.48. The van der Waals surface area contributed by atoms with E-state index < -0.39 is 15.9 Å². The Morgan fingerprint density at radius 2 is 1.76 bits per heavy atom. The van der Waals surface area contributed by atoms with Gasteiger partial charge in [-0.15, -0.1) is 0 Å². The second-order valence-corrected chi connectivity index (χ2v) is 8.83. The van der Waals surface area contributed by atoms with Gasteiger partial charge in [-0.05, 0) is 43.5 Å². The summed E-state index contributed by atoms with van der Waals surface area (Å²) in [5, 5.41) is 4.04. The summed E-state index contributed by atoms with van der Waals surface area (Å²) in [6.45, 7) is 2.69. The molecule has 1 aromatic carbocycles. The lowest BCUT2D eigenvalue weighted by Gasteiger charge is -2.25. The van der Waals surface area contributed by atoms with Crippen LogP contribution in [0.1, 0.15) is 31.7 Å². The molecule has 1 fully saturated rings. The molecular formula is C20H24N4O4S. The summed E-state index contributed by atoms with van der Waals surface area (Å²) in [5.74, 6) is -0.429. The van der Waals surface area contributed by atoms with Crippen molar-refractivity contribution in [2.45, 2.75) is 37.6 Å². The number of nitrogens with one attached hydrogen (secondary N) is 1. The monoisotopic (exact) mass is 416 g/mol. The van der Waals surface area contributed by atoms with Gasteiger partial charge in [0.25, 0.3) is 11.5 Å². The largest absolute Gasteiger partial charge is 0.306 e. The molecule has 2 heterocycles. The minimum Gasteiger partial charge on any atom is -0.306 e. The number of rotatable bonds is 6. The average Bonchev–Trinajstić information content (AvgIpc) is 2.74. The number of hydrogen-bond donors (Lipinski definition) is 1. The minimum atomic E-state index is -3.48. The standard InChI is InChI=1S/C20H24N4O4S/c1-16(21-22-19(25)15-23-12-6-3-7-20(23)26)17-8-10-18(11-9-17)29(27,28)24-13-4-2-5-14-24/h3,6-12H,2,4-5,13-15H2,1H3,(H,22,25)/b21-16-. The van der Waals surface area contributed by atoms with Crippen molar-refractivity contribution in [1.82, 2.24) is 14.3 Å². The van der Waals surface area contributed by atoms with Gasteiger partial charge in [0.15, 0.2) is 0 Å². The van der Waals surface area contributed by atoms with Crippen LogP contribution >= 0.6 is 0 Å². The normalized spacial score (nSPS) is 15.8. The molecule has 154 valence electrons. The lowest BCUT2D eigenvalue weighted by Crippen LogP contribution is -2.35. The molecule has 1 aliphatic rings. The van der Waals surface area contributed by atoms with Crippen LogP contribution in [-0.4, -0.2) is 42.0 Å². The number of hydrogen-bond acceptors (Lipinski definition) is 5. The number of piperidine rings is 1. The fourth-order valence-electron chi connectivity index (χ4n) is 3.11. The van der Waals surface area contributed by atoms with Crippen LogP contribution in [-0.2, 0) is 21.4 Å². The Hall–Kier alpha value is -2.78. The Balaban J connectivity index is 1.65. The van der Waals surface area contributed by atoms with Gasteiger partial charge in [-0.25, -0.2) is 13.8 Å². The molecule has 1 aliphatic heterocycles. The zero-order valence-corrected chi connectivity index (χ0v) is 17.1. The quantitative estimate of drug-likeness (QED) is 0.570. The lowest BCUT2D eigenvalue weighted by molar-refractivity contribution is -0.121. The van der Waals surface area contributed by atoms with Crippen LogP contribution in [0.3, 0.4) is 0 Å². The van der Waals surface area contributed by atoms with Crippen molar-refractivity contribution in [2.75, 3.05) is 13.1 Å². The van der Waals surface area contributed by atoms with Gasteiger partial charge in [-0.3, -0.25) is 9.59 Å². The first-order valence-electron chi connectivity index (χ1n) is 9.47. The molecule has 0 bridgehead atoms. The van der Waals surface area contributed by atoms with Gasteiger partial charge in [0.1, 0.15) is 6.54 Å². The van der Waals surface area contributed by atoms with E-state index in [0.29, 0.717) is 24.4 Å². The molecule has 1 aromatic heterocycles. The first-order chi connectivity index (χ1) is 13.9. The first kappa shape index (κ1) is 20.9. The Labute approximate surface area is 169 Å². The molecule has 0 atom stereocenters. The number of benzene rings is 1. The van der Waals surface area contributed by atoms with Gasteiger partial charge in [0.05, 0.1) is 10.6 Å². The van der Waals surface area contributed by atoms with Crippen molar-refractivity contribution in [2.24, 2.45) is 5.10 Å². The van der Waals surface area contributed by atoms with E-state index in [1.165, 1.54) is 21.1 Å². The molecule has 9 heteroatoms. The second-order valence-electron chi connectivity index (χ2n) is 6.89. The number of carbonyl (C=O) groups excluding carboxylic acids is 1. The molecule has 3 rings (SSSR count). The molecule has 8 nitrogen and oxygen atoms in total. The molecule has 0 unspecified atom stereocenters. The zero-order valence-electron chi connectivity index (χ0n) is 16.2. The molecule has 29 heavy (non-hydrogen) atoms. The number of hydrazone groups is 1. The lowest BCUT2D eigenvalue weighted by atomic mass is 10.1. The number of carbonyl (C=O) groups is 1. The minimum absolute atomic E-state index is 0.135. The molecule has 1 N–H and O–H groups in total. The van der Waals surface area contributed by atoms with Crippen molar-refractivity contribution < 1.29 is 13.2 Å². The maximum Gasteiger partial charge on any atom is 0.260 e. The van der Waals surface area contributed by atoms with Crippen molar-refractivity contribution in [3.05, 3.63) is 64.6 Å². The van der Waals surface area contributed by atoms with Gasteiger partial charge in [-0.1, -0.05) is 24.6 Å². The molecule has 0 aliphatic carbocycles. The molecule has 0 radical (unpaired) electrons. The van der Waals surface area contributed by atoms with E-state index in [4.69, 9.17) is 0 Å². The molecule has 0 spiro atoms. The number of aromatic nitrogens is 1. The summed E-state index contributed by atoms with van der Waals surface area (Å²) in [6.07, 6.45) is 4.36. The predicted octanol–water partition coefficient (Wildman–Crippen LogP) is 1.56. The van der Waals surface area contributed by atoms with Crippen LogP contribution < -0.4 is 11.0 Å². The van der Waals surface area contributed by atoms with Crippen molar-refractivity contribution in [3.63, 3.8) is 0 Å². The molecular weight excluding hydrogens is 392 g/mol. The smallest absolute Gasteiger partial charge is 0.260 e.